The maximum absolute atomic E-state index is 5.64. The molecule has 0 aliphatic carbocycles. The fourth-order valence-electron chi connectivity index (χ4n) is 3.59. The first-order valence-electron chi connectivity index (χ1n) is 9.06. The SMILES string of the molecule is CN=C(NCc1ncnn1C)NCC1(c2ccccc2C)CCOCC1. The molecule has 7 nitrogen and oxygen atoms in total. The van der Waals surface area contributed by atoms with Crippen LogP contribution in [0.15, 0.2) is 35.6 Å². The maximum atomic E-state index is 5.64. The predicted octanol–water partition coefficient (Wildman–Crippen LogP) is 1.54. The molecule has 140 valence electrons. The molecule has 26 heavy (non-hydrogen) atoms. The fourth-order valence-corrected chi connectivity index (χ4v) is 3.59. The minimum Gasteiger partial charge on any atom is -0.381 e. The summed E-state index contributed by atoms with van der Waals surface area (Å²) in [5, 5.41) is 10.9. The van der Waals surface area contributed by atoms with Gasteiger partial charge in [0.05, 0.1) is 6.54 Å². The molecule has 0 spiro atoms. The van der Waals surface area contributed by atoms with Crippen LogP contribution in [-0.2, 0) is 23.7 Å². The van der Waals surface area contributed by atoms with Gasteiger partial charge in [0.25, 0.3) is 0 Å². The van der Waals surface area contributed by atoms with E-state index in [1.807, 2.05) is 7.05 Å². The first kappa shape index (κ1) is 18.4. The molecular formula is C19H28N6O. The number of benzene rings is 1. The van der Waals surface area contributed by atoms with Crippen molar-refractivity contribution in [2.24, 2.45) is 12.0 Å². The van der Waals surface area contributed by atoms with Crippen LogP contribution < -0.4 is 10.6 Å². The monoisotopic (exact) mass is 356 g/mol. The van der Waals surface area contributed by atoms with Gasteiger partial charge in [-0.25, -0.2) is 4.98 Å². The van der Waals surface area contributed by atoms with Gasteiger partial charge in [0.15, 0.2) is 5.96 Å². The number of aliphatic imine (C=N–C) groups is 1. The molecule has 3 rings (SSSR count). The van der Waals surface area contributed by atoms with E-state index >= 15 is 0 Å². The van der Waals surface area contributed by atoms with Crippen molar-refractivity contribution in [3.8, 4) is 0 Å². The first-order chi connectivity index (χ1) is 12.6. The summed E-state index contributed by atoms with van der Waals surface area (Å²) in [5.74, 6) is 1.64. The molecule has 0 amide bonds. The van der Waals surface area contributed by atoms with Crippen LogP contribution in [0, 0.1) is 6.92 Å². The molecule has 7 heteroatoms. The van der Waals surface area contributed by atoms with Crippen LogP contribution in [0.4, 0.5) is 0 Å². The number of hydrogen-bond acceptors (Lipinski definition) is 4. The van der Waals surface area contributed by atoms with Crippen LogP contribution in [-0.4, -0.2) is 47.5 Å². The number of aromatic nitrogens is 3. The molecule has 1 fully saturated rings. The molecule has 1 aliphatic rings. The van der Waals surface area contributed by atoms with E-state index in [1.165, 1.54) is 11.1 Å². The number of guanidine groups is 1. The van der Waals surface area contributed by atoms with Crippen LogP contribution in [0.1, 0.15) is 29.8 Å². The van der Waals surface area contributed by atoms with E-state index in [2.05, 4.69) is 56.9 Å². The van der Waals surface area contributed by atoms with Gasteiger partial charge in [0.1, 0.15) is 12.2 Å². The molecule has 2 aromatic rings. The summed E-state index contributed by atoms with van der Waals surface area (Å²) in [6.45, 7) is 5.17. The lowest BCUT2D eigenvalue weighted by Gasteiger charge is -2.39. The maximum Gasteiger partial charge on any atom is 0.191 e. The summed E-state index contributed by atoms with van der Waals surface area (Å²) in [7, 11) is 3.67. The molecule has 2 heterocycles. The van der Waals surface area contributed by atoms with Crippen LogP contribution >= 0.6 is 0 Å². The largest absolute Gasteiger partial charge is 0.381 e. The van der Waals surface area contributed by atoms with Crippen molar-refractivity contribution in [3.05, 3.63) is 47.5 Å². The Balaban J connectivity index is 1.69. The summed E-state index contributed by atoms with van der Waals surface area (Å²) in [6, 6.07) is 8.66. The number of nitrogens with one attached hydrogen (secondary N) is 2. The van der Waals surface area contributed by atoms with Gasteiger partial charge < -0.3 is 15.4 Å². The fraction of sp³-hybridized carbons (Fsp3) is 0.526. The topological polar surface area (TPSA) is 76.4 Å². The zero-order valence-electron chi connectivity index (χ0n) is 15.8. The lowest BCUT2D eigenvalue weighted by molar-refractivity contribution is 0.0512. The van der Waals surface area contributed by atoms with Crippen molar-refractivity contribution in [2.45, 2.75) is 31.7 Å². The molecule has 2 N–H and O–H groups in total. The normalized spacial score (nSPS) is 17.1. The van der Waals surface area contributed by atoms with Crippen molar-refractivity contribution >= 4 is 5.96 Å². The first-order valence-corrected chi connectivity index (χ1v) is 9.06. The third-order valence-electron chi connectivity index (χ3n) is 5.20. The molecular weight excluding hydrogens is 328 g/mol. The van der Waals surface area contributed by atoms with E-state index in [9.17, 15) is 0 Å². The van der Waals surface area contributed by atoms with Gasteiger partial charge in [0, 0.05) is 39.3 Å². The minimum atomic E-state index is 0.0615. The predicted molar refractivity (Wildman–Crippen MR) is 102 cm³/mol. The molecule has 0 radical (unpaired) electrons. The Labute approximate surface area is 154 Å². The number of hydrogen-bond donors (Lipinski definition) is 2. The highest BCUT2D eigenvalue weighted by molar-refractivity contribution is 5.79. The zero-order valence-corrected chi connectivity index (χ0v) is 15.8. The molecule has 1 saturated heterocycles. The average molecular weight is 356 g/mol. The van der Waals surface area contributed by atoms with Crippen molar-refractivity contribution in [1.82, 2.24) is 25.4 Å². The lowest BCUT2D eigenvalue weighted by Crippen LogP contribution is -2.48. The van der Waals surface area contributed by atoms with Gasteiger partial charge in [0.2, 0.25) is 0 Å². The Morgan fingerprint density at radius 2 is 2.04 bits per heavy atom. The van der Waals surface area contributed by atoms with E-state index in [-0.39, 0.29) is 5.41 Å². The Kier molecular flexibility index (Phi) is 5.88. The van der Waals surface area contributed by atoms with E-state index in [1.54, 1.807) is 18.1 Å². The summed E-state index contributed by atoms with van der Waals surface area (Å²) in [5.41, 5.74) is 2.80. The summed E-state index contributed by atoms with van der Waals surface area (Å²) >= 11 is 0. The van der Waals surface area contributed by atoms with Crippen molar-refractivity contribution in [1.29, 1.82) is 0 Å². The standard InChI is InChI=1S/C19H28N6O/c1-15-6-4-5-7-16(15)19(8-10-26-11-9-19)13-22-18(20-2)21-12-17-23-14-24-25(17)3/h4-7,14H,8-13H2,1-3H3,(H2,20,21,22). The number of ether oxygens (including phenoxy) is 1. The van der Waals surface area contributed by atoms with E-state index in [4.69, 9.17) is 4.74 Å². The Morgan fingerprint density at radius 3 is 2.69 bits per heavy atom. The molecule has 1 aliphatic heterocycles. The van der Waals surface area contributed by atoms with Crippen molar-refractivity contribution in [3.63, 3.8) is 0 Å². The molecule has 1 aromatic carbocycles. The van der Waals surface area contributed by atoms with E-state index in [0.717, 1.165) is 44.4 Å². The second-order valence-corrected chi connectivity index (χ2v) is 6.79. The number of nitrogens with zero attached hydrogens (tertiary/aromatic N) is 4. The lowest BCUT2D eigenvalue weighted by atomic mass is 9.72. The van der Waals surface area contributed by atoms with Gasteiger partial charge in [-0.1, -0.05) is 24.3 Å². The van der Waals surface area contributed by atoms with Crippen molar-refractivity contribution < 1.29 is 4.74 Å². The highest BCUT2D eigenvalue weighted by Crippen LogP contribution is 2.36. The summed E-state index contributed by atoms with van der Waals surface area (Å²) < 4.78 is 7.39. The van der Waals surface area contributed by atoms with E-state index < -0.39 is 0 Å². The molecule has 0 bridgehead atoms. The van der Waals surface area contributed by atoms with Crippen molar-refractivity contribution in [2.75, 3.05) is 26.8 Å². The van der Waals surface area contributed by atoms with E-state index in [0.29, 0.717) is 6.54 Å². The Morgan fingerprint density at radius 1 is 1.27 bits per heavy atom. The molecule has 1 aromatic heterocycles. The summed E-state index contributed by atoms with van der Waals surface area (Å²) in [4.78, 5) is 8.59. The Bertz CT molecular complexity index is 748. The highest BCUT2D eigenvalue weighted by atomic mass is 16.5. The molecule has 0 saturated carbocycles. The Hall–Kier alpha value is -2.41. The highest BCUT2D eigenvalue weighted by Gasteiger charge is 2.35. The van der Waals surface area contributed by atoms with Gasteiger partial charge in [-0.05, 0) is 30.9 Å². The van der Waals surface area contributed by atoms with Gasteiger partial charge in [-0.2, -0.15) is 5.10 Å². The second kappa shape index (κ2) is 8.31. The quantitative estimate of drug-likeness (QED) is 0.628. The average Bonchev–Trinajstić information content (AvgIpc) is 3.08. The second-order valence-electron chi connectivity index (χ2n) is 6.79. The smallest absolute Gasteiger partial charge is 0.191 e. The van der Waals surface area contributed by atoms with Crippen LogP contribution in [0.25, 0.3) is 0 Å². The zero-order chi connectivity index (χ0) is 18.4. The van der Waals surface area contributed by atoms with Gasteiger partial charge >= 0.3 is 0 Å². The molecule has 0 unspecified atom stereocenters. The molecule has 0 atom stereocenters. The van der Waals surface area contributed by atoms with Crippen LogP contribution in [0.2, 0.25) is 0 Å². The number of aryl methyl sites for hydroxylation is 2. The third kappa shape index (κ3) is 4.04. The third-order valence-corrected chi connectivity index (χ3v) is 5.20. The summed E-state index contributed by atoms with van der Waals surface area (Å²) in [6.07, 6.45) is 3.57. The number of rotatable bonds is 5. The minimum absolute atomic E-state index is 0.0615. The van der Waals surface area contributed by atoms with Gasteiger partial charge in [-0.3, -0.25) is 9.67 Å². The van der Waals surface area contributed by atoms with Crippen LogP contribution in [0.3, 0.4) is 0 Å². The van der Waals surface area contributed by atoms with Crippen LogP contribution in [0.5, 0.6) is 0 Å². The van der Waals surface area contributed by atoms with Gasteiger partial charge in [-0.15, -0.1) is 0 Å².